The van der Waals surface area contributed by atoms with Crippen molar-refractivity contribution in [2.45, 2.75) is 0 Å². The van der Waals surface area contributed by atoms with E-state index in [1.807, 2.05) is 66.7 Å². The maximum Gasteiger partial charge on any atom is 0.164 e. The van der Waals surface area contributed by atoms with Gasteiger partial charge >= 0.3 is 0 Å². The molecule has 12 rings (SSSR count). The first-order valence-corrected chi connectivity index (χ1v) is 21.5. The van der Waals surface area contributed by atoms with E-state index in [0.717, 1.165) is 66.6 Å². The van der Waals surface area contributed by atoms with Gasteiger partial charge in [-0.05, 0) is 95.4 Å². The van der Waals surface area contributed by atoms with Crippen LogP contribution in [0.25, 0.3) is 122 Å². The summed E-state index contributed by atoms with van der Waals surface area (Å²) < 4.78 is 0. The fourth-order valence-electron chi connectivity index (χ4n) is 9.53. The second-order valence-corrected chi connectivity index (χ2v) is 16.2. The third kappa shape index (κ3) is 6.26. The Balaban J connectivity index is 0.940. The summed E-state index contributed by atoms with van der Waals surface area (Å²) in [5.74, 6) is 1.72. The van der Waals surface area contributed by atoms with Crippen LogP contribution in [0.1, 0.15) is 5.56 Å². The Morgan fingerprint density at radius 3 is 1.52 bits per heavy atom. The molecule has 1 heterocycles. The van der Waals surface area contributed by atoms with Crippen molar-refractivity contribution < 1.29 is 0 Å². The molecule has 0 aliphatic heterocycles. The number of hydrogen-bond donors (Lipinski definition) is 0. The molecule has 0 N–H and O–H groups in total. The molecular weight excluding hydrogens is 777 g/mol. The normalized spacial score (nSPS) is 11.4. The number of fused-ring (bicyclic) bond motifs is 4. The van der Waals surface area contributed by atoms with E-state index in [9.17, 15) is 5.26 Å². The van der Waals surface area contributed by atoms with E-state index < -0.39 is 0 Å². The summed E-state index contributed by atoms with van der Waals surface area (Å²) in [6.07, 6.45) is 0. The number of aromatic nitrogens is 3. The van der Waals surface area contributed by atoms with Gasteiger partial charge in [0.2, 0.25) is 0 Å². The van der Waals surface area contributed by atoms with Crippen molar-refractivity contribution in [1.29, 1.82) is 5.26 Å². The SMILES string of the molecule is N#Cc1c(-c2cccc(-c3ccc4c(c3)-c3cccc5cccc-4c35)c2)cccc1-c1cccc(-c2nc(-c3ccccc3)nc(-c3ccccc3-c3cccc4ccccc34)n2)c1. The number of nitrogens with zero attached hydrogens (tertiary/aromatic N) is 4. The zero-order valence-electron chi connectivity index (χ0n) is 34.6. The molecule has 4 nitrogen and oxygen atoms in total. The summed E-state index contributed by atoms with van der Waals surface area (Å²) in [5, 5.41) is 15.8. The quantitative estimate of drug-likeness (QED) is 0.161. The Labute approximate surface area is 371 Å². The molecule has 0 saturated carbocycles. The smallest absolute Gasteiger partial charge is 0.164 e. The first-order valence-electron chi connectivity index (χ1n) is 21.5. The minimum Gasteiger partial charge on any atom is -0.208 e. The van der Waals surface area contributed by atoms with E-state index in [0.29, 0.717) is 23.0 Å². The molecule has 64 heavy (non-hydrogen) atoms. The molecule has 0 fully saturated rings. The molecule has 0 radical (unpaired) electrons. The average molecular weight is 813 g/mol. The lowest BCUT2D eigenvalue weighted by Crippen LogP contribution is -2.01. The Kier molecular flexibility index (Phi) is 8.84. The van der Waals surface area contributed by atoms with Gasteiger partial charge in [0.25, 0.3) is 0 Å². The molecule has 11 aromatic rings. The van der Waals surface area contributed by atoms with Gasteiger partial charge in [0.15, 0.2) is 17.5 Å². The third-order valence-corrected chi connectivity index (χ3v) is 12.5. The fourth-order valence-corrected chi connectivity index (χ4v) is 9.53. The van der Waals surface area contributed by atoms with Crippen molar-refractivity contribution in [3.8, 4) is 107 Å². The van der Waals surface area contributed by atoms with Gasteiger partial charge in [0.05, 0.1) is 5.56 Å². The predicted molar refractivity (Wildman–Crippen MR) is 262 cm³/mol. The predicted octanol–water partition coefficient (Wildman–Crippen LogP) is 15.4. The molecular formula is C60H36N4. The molecule has 0 saturated heterocycles. The lowest BCUT2D eigenvalue weighted by atomic mass is 9.90. The molecule has 0 amide bonds. The van der Waals surface area contributed by atoms with Crippen LogP contribution in [-0.2, 0) is 0 Å². The van der Waals surface area contributed by atoms with Crippen LogP contribution in [0.15, 0.2) is 218 Å². The van der Waals surface area contributed by atoms with Crippen molar-refractivity contribution in [2.75, 3.05) is 0 Å². The van der Waals surface area contributed by atoms with E-state index in [1.54, 1.807) is 0 Å². The van der Waals surface area contributed by atoms with Gasteiger partial charge in [-0.15, -0.1) is 0 Å². The summed E-state index contributed by atoms with van der Waals surface area (Å²) in [7, 11) is 0. The molecule has 0 atom stereocenters. The van der Waals surface area contributed by atoms with Crippen LogP contribution in [0.4, 0.5) is 0 Å². The van der Waals surface area contributed by atoms with Crippen molar-refractivity contribution in [2.24, 2.45) is 0 Å². The number of hydrogen-bond acceptors (Lipinski definition) is 4. The zero-order chi connectivity index (χ0) is 42.6. The molecule has 10 aromatic carbocycles. The molecule has 4 heteroatoms. The fraction of sp³-hybridized carbons (Fsp3) is 0. The standard InChI is InChI=1S/C60H36N4/c61-37-56-47(43-21-8-20-41(34-43)42-32-33-51-52-30-11-18-39-19-12-31-53(57(39)52)55(51)36-42)27-13-28-48(56)44-22-9-23-45(35-44)59-62-58(40-15-2-1-3-16-40)63-60(64-59)54-26-7-6-25-50(54)49-29-10-17-38-14-4-5-24-46(38)49/h1-36H. The minimum absolute atomic E-state index is 0.550. The highest BCUT2D eigenvalue weighted by atomic mass is 15.0. The first-order chi connectivity index (χ1) is 31.7. The van der Waals surface area contributed by atoms with Crippen LogP contribution in [0, 0.1) is 11.3 Å². The van der Waals surface area contributed by atoms with Gasteiger partial charge in [-0.25, -0.2) is 15.0 Å². The summed E-state index contributed by atoms with van der Waals surface area (Å²) in [4.78, 5) is 15.4. The lowest BCUT2D eigenvalue weighted by Gasteiger charge is -2.14. The maximum atomic E-state index is 10.9. The van der Waals surface area contributed by atoms with Gasteiger partial charge in [-0.3, -0.25) is 0 Å². The highest BCUT2D eigenvalue weighted by molar-refractivity contribution is 6.15. The molecule has 0 unspecified atom stereocenters. The second kappa shape index (κ2) is 15.3. The first kappa shape index (κ1) is 37.0. The minimum atomic E-state index is 0.550. The average Bonchev–Trinajstić information content (AvgIpc) is 3.70. The molecule has 296 valence electrons. The van der Waals surface area contributed by atoms with Gasteiger partial charge in [-0.2, -0.15) is 5.26 Å². The highest BCUT2D eigenvalue weighted by Gasteiger charge is 2.22. The van der Waals surface area contributed by atoms with Gasteiger partial charge in [-0.1, -0.05) is 200 Å². The zero-order valence-corrected chi connectivity index (χ0v) is 34.6. The molecule has 1 aromatic heterocycles. The number of rotatable bonds is 7. The monoisotopic (exact) mass is 812 g/mol. The van der Waals surface area contributed by atoms with Crippen LogP contribution in [0.3, 0.4) is 0 Å². The summed E-state index contributed by atoms with van der Waals surface area (Å²) in [6.45, 7) is 0. The van der Waals surface area contributed by atoms with E-state index in [1.165, 1.54) is 38.4 Å². The van der Waals surface area contributed by atoms with Crippen molar-refractivity contribution >= 4 is 21.5 Å². The Morgan fingerprint density at radius 2 is 0.750 bits per heavy atom. The Morgan fingerprint density at radius 1 is 0.281 bits per heavy atom. The van der Waals surface area contributed by atoms with Crippen LogP contribution in [0.5, 0.6) is 0 Å². The lowest BCUT2D eigenvalue weighted by molar-refractivity contribution is 1.07. The Bertz CT molecular complexity index is 3680. The topological polar surface area (TPSA) is 62.5 Å². The molecule has 1 aliphatic rings. The number of benzene rings is 10. The summed E-state index contributed by atoms with van der Waals surface area (Å²) >= 11 is 0. The van der Waals surface area contributed by atoms with Gasteiger partial charge in [0, 0.05) is 27.8 Å². The van der Waals surface area contributed by atoms with Crippen LogP contribution in [-0.4, -0.2) is 15.0 Å². The van der Waals surface area contributed by atoms with E-state index in [4.69, 9.17) is 15.0 Å². The van der Waals surface area contributed by atoms with Crippen LogP contribution in [0.2, 0.25) is 0 Å². The highest BCUT2D eigenvalue weighted by Crippen LogP contribution is 2.48. The maximum absolute atomic E-state index is 10.9. The molecule has 0 bridgehead atoms. The van der Waals surface area contributed by atoms with Crippen molar-refractivity contribution in [3.05, 3.63) is 224 Å². The number of nitriles is 1. The van der Waals surface area contributed by atoms with E-state index >= 15 is 0 Å². The summed E-state index contributed by atoms with van der Waals surface area (Å²) in [5.41, 5.74) is 16.3. The van der Waals surface area contributed by atoms with Crippen LogP contribution >= 0.6 is 0 Å². The Hall–Kier alpha value is -8.78. The van der Waals surface area contributed by atoms with Crippen molar-refractivity contribution in [1.82, 2.24) is 15.0 Å². The third-order valence-electron chi connectivity index (χ3n) is 12.5. The van der Waals surface area contributed by atoms with E-state index in [-0.39, 0.29) is 0 Å². The van der Waals surface area contributed by atoms with Gasteiger partial charge in [0.1, 0.15) is 6.07 Å². The second-order valence-electron chi connectivity index (χ2n) is 16.2. The van der Waals surface area contributed by atoms with Crippen LogP contribution < -0.4 is 0 Å². The van der Waals surface area contributed by atoms with Crippen molar-refractivity contribution in [3.63, 3.8) is 0 Å². The van der Waals surface area contributed by atoms with E-state index in [2.05, 4.69) is 158 Å². The van der Waals surface area contributed by atoms with Gasteiger partial charge < -0.3 is 0 Å². The molecule has 1 aliphatic carbocycles. The summed E-state index contributed by atoms with van der Waals surface area (Å²) in [6, 6.07) is 78.6. The molecule has 0 spiro atoms. The largest absolute Gasteiger partial charge is 0.208 e.